The summed E-state index contributed by atoms with van der Waals surface area (Å²) in [6, 6.07) is 6.76. The fourth-order valence-corrected chi connectivity index (χ4v) is 3.73. The molecular formula is C23H19F4N3O. The van der Waals surface area contributed by atoms with Crippen molar-refractivity contribution in [1.29, 1.82) is 0 Å². The van der Waals surface area contributed by atoms with Crippen molar-refractivity contribution in [3.8, 4) is 16.9 Å². The molecule has 0 unspecified atom stereocenters. The van der Waals surface area contributed by atoms with Gasteiger partial charge in [-0.25, -0.2) is 13.8 Å². The Balaban J connectivity index is 0.00000245. The molecule has 3 aromatic rings. The van der Waals surface area contributed by atoms with Crippen LogP contribution in [0, 0.1) is 18.6 Å². The predicted octanol–water partition coefficient (Wildman–Crippen LogP) is 6.12. The van der Waals surface area contributed by atoms with Crippen molar-refractivity contribution in [3.63, 3.8) is 0 Å². The molecule has 0 radical (unpaired) electrons. The maximum absolute atomic E-state index is 14.2. The number of nitrogens with one attached hydrogen (secondary N) is 1. The lowest BCUT2D eigenvalue weighted by Gasteiger charge is -2.13. The summed E-state index contributed by atoms with van der Waals surface area (Å²) in [7, 11) is 0. The van der Waals surface area contributed by atoms with Gasteiger partial charge in [0, 0.05) is 18.8 Å². The van der Waals surface area contributed by atoms with Crippen molar-refractivity contribution in [3.05, 3.63) is 76.8 Å². The number of pyridine rings is 2. The van der Waals surface area contributed by atoms with E-state index in [1.165, 1.54) is 0 Å². The van der Waals surface area contributed by atoms with Gasteiger partial charge in [-0.15, -0.1) is 0 Å². The third kappa shape index (κ3) is 3.73. The SMILES string of the molecule is Cc1cc2c(cc1-c1ccc(NC(=C3CC3)c3c(F)cncc3F)nc1)CC(F)(F)O2.[HH]. The number of hydrogen-bond acceptors (Lipinski definition) is 4. The number of aromatic nitrogens is 2. The van der Waals surface area contributed by atoms with E-state index in [0.717, 1.165) is 47.5 Å². The van der Waals surface area contributed by atoms with E-state index in [9.17, 15) is 17.6 Å². The minimum absolute atomic E-state index is 0. The molecule has 1 saturated carbocycles. The first-order valence-corrected chi connectivity index (χ1v) is 9.76. The van der Waals surface area contributed by atoms with Gasteiger partial charge in [0.25, 0.3) is 0 Å². The van der Waals surface area contributed by atoms with Gasteiger partial charge in [0.15, 0.2) is 11.6 Å². The number of benzene rings is 1. The second kappa shape index (κ2) is 7.08. The average Bonchev–Trinajstić information content (AvgIpc) is 3.50. The van der Waals surface area contributed by atoms with Gasteiger partial charge in [-0.2, -0.15) is 8.78 Å². The molecule has 0 spiro atoms. The number of halogens is 4. The van der Waals surface area contributed by atoms with Crippen LogP contribution in [-0.2, 0) is 6.42 Å². The number of fused-ring (bicyclic) bond motifs is 1. The van der Waals surface area contributed by atoms with Crippen molar-refractivity contribution < 1.29 is 23.7 Å². The maximum Gasteiger partial charge on any atom is 0.402 e. The third-order valence-corrected chi connectivity index (χ3v) is 5.35. The largest absolute Gasteiger partial charge is 0.432 e. The zero-order valence-electron chi connectivity index (χ0n) is 16.5. The molecule has 0 atom stereocenters. The van der Waals surface area contributed by atoms with Crippen LogP contribution >= 0.6 is 0 Å². The fourth-order valence-electron chi connectivity index (χ4n) is 3.73. The molecule has 1 aromatic carbocycles. The molecule has 4 nitrogen and oxygen atoms in total. The first-order chi connectivity index (χ1) is 14.8. The van der Waals surface area contributed by atoms with Gasteiger partial charge in [-0.3, -0.25) is 4.98 Å². The summed E-state index contributed by atoms with van der Waals surface area (Å²) < 4.78 is 60.2. The van der Waals surface area contributed by atoms with E-state index in [-0.39, 0.29) is 12.7 Å². The first-order valence-electron chi connectivity index (χ1n) is 9.76. The highest BCUT2D eigenvalue weighted by Crippen LogP contribution is 2.41. The number of nitrogens with zero attached hydrogens (tertiary/aromatic N) is 2. The fraction of sp³-hybridized carbons (Fsp3) is 0.217. The van der Waals surface area contributed by atoms with Crippen LogP contribution in [0.15, 0.2) is 48.4 Å². The molecule has 8 heteroatoms. The average molecular weight is 429 g/mol. The van der Waals surface area contributed by atoms with Crippen LogP contribution in [0.25, 0.3) is 16.8 Å². The highest BCUT2D eigenvalue weighted by molar-refractivity contribution is 5.81. The molecule has 2 aromatic heterocycles. The van der Waals surface area contributed by atoms with Crippen molar-refractivity contribution in [2.45, 2.75) is 32.3 Å². The van der Waals surface area contributed by atoms with E-state index in [1.54, 1.807) is 30.5 Å². The number of aryl methyl sites for hydroxylation is 1. The molecule has 5 rings (SSSR count). The first kappa shape index (κ1) is 19.5. The standard InChI is InChI=1S/C23H17F4N3O.H2/c1-12-6-19-15(8-23(26,27)31-19)7-16(12)14-4-5-20(29-9-14)30-22(13-2-3-13)21-17(24)10-28-11-18(21)25;/h4-7,9-11H,2-3,8H2,1H3,(H,29,30);1H. The lowest BCUT2D eigenvalue weighted by molar-refractivity contribution is -0.159. The zero-order chi connectivity index (χ0) is 21.8. The normalized spacial score (nSPS) is 16.0. The van der Waals surface area contributed by atoms with Crippen LogP contribution in [0.3, 0.4) is 0 Å². The van der Waals surface area contributed by atoms with Gasteiger partial charge in [-0.05, 0) is 60.7 Å². The summed E-state index contributed by atoms with van der Waals surface area (Å²) in [4.78, 5) is 7.90. The Morgan fingerprint density at radius 2 is 1.84 bits per heavy atom. The molecule has 0 bridgehead atoms. The highest BCUT2D eigenvalue weighted by atomic mass is 19.3. The minimum atomic E-state index is -3.19. The van der Waals surface area contributed by atoms with Gasteiger partial charge >= 0.3 is 6.11 Å². The Kier molecular flexibility index (Phi) is 4.46. The molecule has 2 aliphatic rings. The number of anilines is 1. The summed E-state index contributed by atoms with van der Waals surface area (Å²) in [6.45, 7) is 1.81. The molecule has 0 saturated heterocycles. The molecule has 1 aliphatic heterocycles. The van der Waals surface area contributed by atoms with Crippen LogP contribution in [-0.4, -0.2) is 16.1 Å². The van der Waals surface area contributed by atoms with Crippen molar-refractivity contribution in [2.24, 2.45) is 0 Å². The van der Waals surface area contributed by atoms with Gasteiger partial charge < -0.3 is 10.1 Å². The zero-order valence-corrected chi connectivity index (χ0v) is 16.5. The number of ether oxygens (including phenoxy) is 1. The van der Waals surface area contributed by atoms with E-state index in [0.29, 0.717) is 17.1 Å². The Labute approximate surface area is 177 Å². The van der Waals surface area contributed by atoms with Crippen molar-refractivity contribution >= 4 is 11.5 Å². The minimum Gasteiger partial charge on any atom is -0.432 e. The van der Waals surface area contributed by atoms with Crippen LogP contribution in [0.2, 0.25) is 0 Å². The Morgan fingerprint density at radius 3 is 2.48 bits per heavy atom. The van der Waals surface area contributed by atoms with Crippen LogP contribution in [0.4, 0.5) is 23.4 Å². The number of hydrogen-bond donors (Lipinski definition) is 1. The molecule has 3 heterocycles. The van der Waals surface area contributed by atoms with Gasteiger partial charge in [-0.1, -0.05) is 0 Å². The summed E-state index contributed by atoms with van der Waals surface area (Å²) >= 11 is 0. The van der Waals surface area contributed by atoms with Crippen LogP contribution in [0.1, 0.15) is 31.0 Å². The molecule has 160 valence electrons. The summed E-state index contributed by atoms with van der Waals surface area (Å²) in [6.07, 6.45) is 1.39. The van der Waals surface area contributed by atoms with Gasteiger partial charge in [0.05, 0.1) is 30.1 Å². The lowest BCUT2D eigenvalue weighted by Crippen LogP contribution is -2.20. The van der Waals surface area contributed by atoms with Crippen LogP contribution in [0.5, 0.6) is 5.75 Å². The Morgan fingerprint density at radius 1 is 1.10 bits per heavy atom. The molecule has 1 fully saturated rings. The predicted molar refractivity (Wildman–Crippen MR) is 110 cm³/mol. The van der Waals surface area contributed by atoms with E-state index in [2.05, 4.69) is 20.0 Å². The molecule has 31 heavy (non-hydrogen) atoms. The summed E-state index contributed by atoms with van der Waals surface area (Å²) in [5.74, 6) is -0.875. The summed E-state index contributed by atoms with van der Waals surface area (Å²) in [5, 5.41) is 3.03. The molecular weight excluding hydrogens is 410 g/mol. The number of alkyl halides is 2. The van der Waals surface area contributed by atoms with E-state index < -0.39 is 24.2 Å². The highest BCUT2D eigenvalue weighted by Gasteiger charge is 2.40. The molecule has 0 amide bonds. The maximum atomic E-state index is 14.2. The Hall–Kier alpha value is -3.42. The van der Waals surface area contributed by atoms with Crippen LogP contribution < -0.4 is 10.1 Å². The summed E-state index contributed by atoms with van der Waals surface area (Å²) in [5.41, 5.74) is 3.85. The molecule has 1 N–H and O–H groups in total. The Bertz CT molecular complexity index is 1200. The van der Waals surface area contributed by atoms with Crippen molar-refractivity contribution in [1.82, 2.24) is 9.97 Å². The second-order valence-corrected chi connectivity index (χ2v) is 7.70. The van der Waals surface area contributed by atoms with E-state index >= 15 is 0 Å². The molecule has 1 aliphatic carbocycles. The van der Waals surface area contributed by atoms with E-state index in [4.69, 9.17) is 0 Å². The van der Waals surface area contributed by atoms with Gasteiger partial charge in [0.1, 0.15) is 11.6 Å². The number of allylic oxidation sites excluding steroid dienone is 1. The number of rotatable bonds is 4. The third-order valence-electron chi connectivity index (χ3n) is 5.35. The van der Waals surface area contributed by atoms with Gasteiger partial charge in [0.2, 0.25) is 0 Å². The second-order valence-electron chi connectivity index (χ2n) is 7.70. The van der Waals surface area contributed by atoms with Crippen molar-refractivity contribution in [2.75, 3.05) is 5.32 Å². The topological polar surface area (TPSA) is 47.0 Å². The van der Waals surface area contributed by atoms with E-state index in [1.807, 2.05) is 6.92 Å². The quantitative estimate of drug-likeness (QED) is 0.508. The smallest absolute Gasteiger partial charge is 0.402 e. The monoisotopic (exact) mass is 429 g/mol. The lowest BCUT2D eigenvalue weighted by atomic mass is 9.98.